The topological polar surface area (TPSA) is 75.2 Å². The third-order valence-corrected chi connectivity index (χ3v) is 7.83. The van der Waals surface area contributed by atoms with Gasteiger partial charge in [-0.2, -0.15) is 4.31 Å². The molecule has 2 aliphatic rings. The van der Waals surface area contributed by atoms with Crippen LogP contribution in [0.3, 0.4) is 0 Å². The second kappa shape index (κ2) is 8.17. The lowest BCUT2D eigenvalue weighted by molar-refractivity contribution is 0.346. The van der Waals surface area contributed by atoms with Crippen LogP contribution in [0.15, 0.2) is 35.2 Å². The average Bonchev–Trinajstić information content (AvgIpc) is 3.23. The van der Waals surface area contributed by atoms with Gasteiger partial charge in [-0.05, 0) is 56.4 Å². The van der Waals surface area contributed by atoms with Crippen LogP contribution in [0.4, 0.5) is 5.82 Å². The van der Waals surface area contributed by atoms with E-state index in [1.54, 1.807) is 10.4 Å². The Morgan fingerprint density at radius 2 is 1.71 bits per heavy atom. The molecule has 0 amide bonds. The molecule has 1 aromatic heterocycles. The maximum atomic E-state index is 13.1. The molecule has 1 aliphatic heterocycles. The smallest absolute Gasteiger partial charge is 0.243 e. The highest BCUT2D eigenvalue weighted by Gasteiger charge is 2.27. The van der Waals surface area contributed by atoms with Crippen molar-refractivity contribution in [2.45, 2.75) is 62.8 Å². The van der Waals surface area contributed by atoms with E-state index in [0.717, 1.165) is 36.2 Å². The zero-order valence-corrected chi connectivity index (χ0v) is 17.2. The quantitative estimate of drug-likeness (QED) is 0.822. The number of hydrogen-bond donors (Lipinski definition) is 1. The highest BCUT2D eigenvalue weighted by molar-refractivity contribution is 7.89. The summed E-state index contributed by atoms with van der Waals surface area (Å²) in [5, 5.41) is 12.1. The zero-order valence-electron chi connectivity index (χ0n) is 16.4. The first kappa shape index (κ1) is 19.3. The van der Waals surface area contributed by atoms with Gasteiger partial charge in [-0.25, -0.2) is 8.42 Å². The molecule has 150 valence electrons. The molecule has 2 fully saturated rings. The van der Waals surface area contributed by atoms with E-state index in [1.807, 2.05) is 31.2 Å². The van der Waals surface area contributed by atoms with Gasteiger partial charge in [0.15, 0.2) is 0 Å². The number of nitrogens with zero attached hydrogens (tertiary/aromatic N) is 3. The van der Waals surface area contributed by atoms with Crippen LogP contribution >= 0.6 is 0 Å². The van der Waals surface area contributed by atoms with E-state index in [1.165, 1.54) is 25.7 Å². The van der Waals surface area contributed by atoms with Gasteiger partial charge in [0.1, 0.15) is 5.82 Å². The van der Waals surface area contributed by atoms with Gasteiger partial charge >= 0.3 is 0 Å². The minimum absolute atomic E-state index is 0.377. The molecule has 1 N–H and O–H groups in total. The first-order valence-electron chi connectivity index (χ1n) is 10.3. The van der Waals surface area contributed by atoms with E-state index in [9.17, 15) is 8.42 Å². The Bertz CT molecular complexity index is 916. The third-order valence-electron chi connectivity index (χ3n) is 5.79. The number of aryl methyl sites for hydroxylation is 1. The molecule has 0 unspecified atom stereocenters. The average molecular weight is 401 g/mol. The van der Waals surface area contributed by atoms with Crippen molar-refractivity contribution in [2.75, 3.05) is 18.4 Å². The molecule has 1 aliphatic carbocycles. The molecule has 0 bridgehead atoms. The predicted molar refractivity (Wildman–Crippen MR) is 111 cm³/mol. The predicted octanol–water partition coefficient (Wildman–Crippen LogP) is 3.98. The minimum Gasteiger partial charge on any atom is -0.366 e. The van der Waals surface area contributed by atoms with Gasteiger partial charge in [0.25, 0.3) is 0 Å². The van der Waals surface area contributed by atoms with Gasteiger partial charge < -0.3 is 5.32 Å². The summed E-state index contributed by atoms with van der Waals surface area (Å²) < 4.78 is 27.9. The molecule has 0 spiro atoms. The van der Waals surface area contributed by atoms with Crippen LogP contribution < -0.4 is 5.32 Å². The van der Waals surface area contributed by atoms with Crippen LogP contribution in [0.2, 0.25) is 0 Å². The summed E-state index contributed by atoms with van der Waals surface area (Å²) in [5.74, 6) is 0.781. The summed E-state index contributed by atoms with van der Waals surface area (Å²) in [4.78, 5) is 0.377. The summed E-state index contributed by atoms with van der Waals surface area (Å²) >= 11 is 0. The second-order valence-corrected chi connectivity index (χ2v) is 9.78. The SMILES string of the molecule is Cc1ccc(-c2ccc(NC3CCCC3)nn2)cc1S(=O)(=O)N1CCCCC1. The Labute approximate surface area is 167 Å². The van der Waals surface area contributed by atoms with Crippen molar-refractivity contribution in [2.24, 2.45) is 0 Å². The van der Waals surface area contributed by atoms with Gasteiger partial charge in [0.05, 0.1) is 10.6 Å². The maximum Gasteiger partial charge on any atom is 0.243 e. The largest absolute Gasteiger partial charge is 0.366 e. The van der Waals surface area contributed by atoms with Gasteiger partial charge in [-0.15, -0.1) is 10.2 Å². The van der Waals surface area contributed by atoms with Crippen LogP contribution in [0.5, 0.6) is 0 Å². The van der Waals surface area contributed by atoms with Crippen molar-refractivity contribution in [1.29, 1.82) is 0 Å². The van der Waals surface area contributed by atoms with Gasteiger partial charge in [-0.1, -0.05) is 31.4 Å². The van der Waals surface area contributed by atoms with E-state index < -0.39 is 10.0 Å². The number of benzene rings is 1. The summed E-state index contributed by atoms with van der Waals surface area (Å²) in [6.07, 6.45) is 7.85. The summed E-state index contributed by atoms with van der Waals surface area (Å²) in [7, 11) is -3.47. The lowest BCUT2D eigenvalue weighted by Crippen LogP contribution is -2.35. The number of piperidine rings is 1. The molecule has 1 saturated heterocycles. The van der Waals surface area contributed by atoms with Crippen LogP contribution in [0.25, 0.3) is 11.3 Å². The number of rotatable bonds is 5. The highest BCUT2D eigenvalue weighted by atomic mass is 32.2. The third kappa shape index (κ3) is 4.05. The van der Waals surface area contributed by atoms with Crippen molar-refractivity contribution >= 4 is 15.8 Å². The standard InChI is InChI=1S/C21H28N4O2S/c1-16-9-10-17(15-20(16)28(26,27)25-13-5-2-6-14-25)19-11-12-21(24-23-19)22-18-7-3-4-8-18/h9-12,15,18H,2-8,13-14H2,1H3,(H,22,24). The van der Waals surface area contributed by atoms with Crippen LogP contribution in [0, 0.1) is 6.92 Å². The molecule has 2 heterocycles. The summed E-state index contributed by atoms with van der Waals surface area (Å²) in [6, 6.07) is 9.84. The van der Waals surface area contributed by atoms with Crippen LogP contribution in [-0.4, -0.2) is 42.1 Å². The summed E-state index contributed by atoms with van der Waals surface area (Å²) in [5.41, 5.74) is 2.23. The van der Waals surface area contributed by atoms with Gasteiger partial charge in [0, 0.05) is 24.7 Å². The number of sulfonamides is 1. The molecule has 1 saturated carbocycles. The zero-order chi connectivity index (χ0) is 19.6. The summed E-state index contributed by atoms with van der Waals surface area (Å²) in [6.45, 7) is 3.06. The molecule has 1 aromatic carbocycles. The lowest BCUT2D eigenvalue weighted by atomic mass is 10.1. The van der Waals surface area contributed by atoms with Gasteiger partial charge in [-0.3, -0.25) is 0 Å². The first-order valence-corrected chi connectivity index (χ1v) is 11.7. The Morgan fingerprint density at radius 1 is 0.964 bits per heavy atom. The van der Waals surface area contributed by atoms with E-state index in [2.05, 4.69) is 15.5 Å². The molecule has 4 rings (SSSR count). The number of aromatic nitrogens is 2. The van der Waals surface area contributed by atoms with Crippen LogP contribution in [-0.2, 0) is 10.0 Å². The molecule has 6 nitrogen and oxygen atoms in total. The number of anilines is 1. The monoisotopic (exact) mass is 400 g/mol. The van der Waals surface area contributed by atoms with Crippen molar-refractivity contribution < 1.29 is 8.42 Å². The fraction of sp³-hybridized carbons (Fsp3) is 0.524. The Balaban J connectivity index is 1.57. The fourth-order valence-corrected chi connectivity index (χ4v) is 5.89. The lowest BCUT2D eigenvalue weighted by Gasteiger charge is -2.26. The van der Waals surface area contributed by atoms with E-state index in [0.29, 0.717) is 29.7 Å². The molecular weight excluding hydrogens is 372 g/mol. The van der Waals surface area contributed by atoms with Crippen molar-refractivity contribution in [3.8, 4) is 11.3 Å². The second-order valence-electron chi connectivity index (χ2n) is 7.87. The molecule has 28 heavy (non-hydrogen) atoms. The fourth-order valence-electron chi connectivity index (χ4n) is 4.12. The highest BCUT2D eigenvalue weighted by Crippen LogP contribution is 2.28. The Kier molecular flexibility index (Phi) is 5.64. The van der Waals surface area contributed by atoms with E-state index >= 15 is 0 Å². The maximum absolute atomic E-state index is 13.1. The van der Waals surface area contributed by atoms with Crippen molar-refractivity contribution in [1.82, 2.24) is 14.5 Å². The minimum atomic E-state index is -3.47. The molecule has 0 radical (unpaired) electrons. The van der Waals surface area contributed by atoms with Crippen LogP contribution in [0.1, 0.15) is 50.5 Å². The number of nitrogens with one attached hydrogen (secondary N) is 1. The Hall–Kier alpha value is -1.99. The Morgan fingerprint density at radius 3 is 2.39 bits per heavy atom. The van der Waals surface area contributed by atoms with E-state index in [-0.39, 0.29) is 0 Å². The normalized spacial score (nSPS) is 19.0. The first-order chi connectivity index (χ1) is 13.5. The molecule has 7 heteroatoms. The molecule has 2 aromatic rings. The number of hydrogen-bond acceptors (Lipinski definition) is 5. The van der Waals surface area contributed by atoms with Crippen molar-refractivity contribution in [3.63, 3.8) is 0 Å². The molecule has 0 atom stereocenters. The van der Waals surface area contributed by atoms with E-state index in [4.69, 9.17) is 0 Å². The van der Waals surface area contributed by atoms with Gasteiger partial charge in [0.2, 0.25) is 10.0 Å². The van der Waals surface area contributed by atoms with Crippen molar-refractivity contribution in [3.05, 3.63) is 35.9 Å². The molecular formula is C21H28N4O2S.